The van der Waals surface area contributed by atoms with Gasteiger partial charge in [-0.05, 0) is 17.5 Å². The van der Waals surface area contributed by atoms with Gasteiger partial charge >= 0.3 is 0 Å². The summed E-state index contributed by atoms with van der Waals surface area (Å²) in [6.07, 6.45) is 0.0168. The normalized spacial score (nSPS) is 14.8. The zero-order chi connectivity index (χ0) is 16.8. The minimum atomic E-state index is -0.767. The Morgan fingerprint density at radius 2 is 1.48 bits per heavy atom. The van der Waals surface area contributed by atoms with E-state index in [1.165, 1.54) is 0 Å². The molecular weight excluding hydrogens is 286 g/mol. The Kier molecular flexibility index (Phi) is 5.94. The summed E-state index contributed by atoms with van der Waals surface area (Å²) in [5.41, 5.74) is 1.74. The molecule has 0 aliphatic carbocycles. The first-order valence-corrected chi connectivity index (χ1v) is 8.10. The van der Waals surface area contributed by atoms with Crippen LogP contribution in [0.1, 0.15) is 43.5 Å². The minimum absolute atomic E-state index is 0.0522. The van der Waals surface area contributed by atoms with Crippen molar-refractivity contribution in [3.05, 3.63) is 71.8 Å². The predicted octanol–water partition coefficient (Wildman–Crippen LogP) is 3.97. The number of carbonyl (C=O) groups is 1. The summed E-state index contributed by atoms with van der Waals surface area (Å²) in [7, 11) is 1.78. The van der Waals surface area contributed by atoms with Gasteiger partial charge in [-0.15, -0.1) is 0 Å². The second-order valence-electron chi connectivity index (χ2n) is 5.97. The Labute approximate surface area is 138 Å². The first-order valence-electron chi connectivity index (χ1n) is 8.10. The molecule has 2 aromatic carbocycles. The predicted molar refractivity (Wildman–Crippen MR) is 92.8 cm³/mol. The molecular formula is C20H25NO2. The van der Waals surface area contributed by atoms with Crippen molar-refractivity contribution < 1.29 is 9.90 Å². The first-order chi connectivity index (χ1) is 11.1. The van der Waals surface area contributed by atoms with E-state index in [4.69, 9.17) is 0 Å². The molecule has 0 radical (unpaired) electrons. The lowest BCUT2D eigenvalue weighted by Gasteiger charge is -2.34. The molecule has 0 heterocycles. The molecule has 0 aromatic heterocycles. The van der Waals surface area contributed by atoms with Crippen LogP contribution < -0.4 is 0 Å². The van der Waals surface area contributed by atoms with E-state index in [1.807, 2.05) is 74.5 Å². The maximum Gasteiger partial charge on any atom is 0.225 e. The van der Waals surface area contributed by atoms with E-state index < -0.39 is 12.1 Å². The highest BCUT2D eigenvalue weighted by molar-refractivity contribution is 5.78. The van der Waals surface area contributed by atoms with Gasteiger partial charge in [-0.25, -0.2) is 0 Å². The van der Waals surface area contributed by atoms with E-state index in [2.05, 4.69) is 0 Å². The fourth-order valence-electron chi connectivity index (χ4n) is 2.76. The smallest absolute Gasteiger partial charge is 0.225 e. The van der Waals surface area contributed by atoms with Gasteiger partial charge < -0.3 is 10.0 Å². The SMILES string of the molecule is CC[C@@H](C)C(=O)N(C)[C@@H](c1ccccc1)[C@@H](O)c1ccccc1. The highest BCUT2D eigenvalue weighted by Crippen LogP contribution is 2.34. The summed E-state index contributed by atoms with van der Waals surface area (Å²) in [5, 5.41) is 10.9. The molecule has 3 atom stereocenters. The average Bonchev–Trinajstić information content (AvgIpc) is 2.62. The molecule has 0 fully saturated rings. The Balaban J connectivity index is 2.38. The largest absolute Gasteiger partial charge is 0.386 e. The van der Waals surface area contributed by atoms with Crippen LogP contribution in [0, 0.1) is 5.92 Å². The highest BCUT2D eigenvalue weighted by Gasteiger charge is 2.31. The number of aliphatic hydroxyl groups is 1. The van der Waals surface area contributed by atoms with Crippen molar-refractivity contribution in [1.29, 1.82) is 0 Å². The van der Waals surface area contributed by atoms with Gasteiger partial charge in [0.15, 0.2) is 0 Å². The average molecular weight is 311 g/mol. The summed E-state index contributed by atoms with van der Waals surface area (Å²) in [4.78, 5) is 14.3. The van der Waals surface area contributed by atoms with Gasteiger partial charge in [0.05, 0.1) is 6.04 Å². The zero-order valence-electron chi connectivity index (χ0n) is 14.0. The monoisotopic (exact) mass is 311 g/mol. The lowest BCUT2D eigenvalue weighted by molar-refractivity contribution is -0.138. The summed E-state index contributed by atoms with van der Waals surface area (Å²) in [5.74, 6) is -0.00878. The molecule has 0 bridgehead atoms. The zero-order valence-corrected chi connectivity index (χ0v) is 14.0. The number of hydrogen-bond acceptors (Lipinski definition) is 2. The second kappa shape index (κ2) is 7.93. The van der Waals surface area contributed by atoms with Gasteiger partial charge in [-0.2, -0.15) is 0 Å². The molecule has 3 heteroatoms. The first kappa shape index (κ1) is 17.2. The van der Waals surface area contributed by atoms with Gasteiger partial charge in [0.25, 0.3) is 0 Å². The van der Waals surface area contributed by atoms with Crippen LogP contribution in [0.3, 0.4) is 0 Å². The summed E-state index contributed by atoms with van der Waals surface area (Å²) in [6.45, 7) is 3.93. The van der Waals surface area contributed by atoms with Crippen LogP contribution in [0.5, 0.6) is 0 Å². The van der Waals surface area contributed by atoms with Gasteiger partial charge in [0.2, 0.25) is 5.91 Å². The molecule has 0 unspecified atom stereocenters. The standard InChI is InChI=1S/C20H25NO2/c1-4-15(2)20(23)21(3)18(16-11-7-5-8-12-16)19(22)17-13-9-6-10-14-17/h5-15,18-19,22H,4H2,1-3H3/t15-,18+,19+/m1/s1. The van der Waals surface area contributed by atoms with Crippen molar-refractivity contribution in [3.63, 3.8) is 0 Å². The molecule has 2 rings (SSSR count). The third-order valence-corrected chi connectivity index (χ3v) is 4.38. The fourth-order valence-corrected chi connectivity index (χ4v) is 2.76. The van der Waals surface area contributed by atoms with E-state index in [0.29, 0.717) is 0 Å². The quantitative estimate of drug-likeness (QED) is 0.877. The Morgan fingerprint density at radius 3 is 1.96 bits per heavy atom. The number of carbonyl (C=O) groups excluding carboxylic acids is 1. The molecule has 0 saturated heterocycles. The van der Waals surface area contributed by atoms with E-state index in [0.717, 1.165) is 17.5 Å². The van der Waals surface area contributed by atoms with Crippen molar-refractivity contribution in [1.82, 2.24) is 4.90 Å². The van der Waals surface area contributed by atoms with Crippen LogP contribution in [-0.4, -0.2) is 23.0 Å². The number of likely N-dealkylation sites (N-methyl/N-ethyl adjacent to an activating group) is 1. The third-order valence-electron chi connectivity index (χ3n) is 4.38. The number of hydrogen-bond donors (Lipinski definition) is 1. The lowest BCUT2D eigenvalue weighted by atomic mass is 9.93. The topological polar surface area (TPSA) is 40.5 Å². The number of rotatable bonds is 6. The Morgan fingerprint density at radius 1 is 1.00 bits per heavy atom. The molecule has 3 nitrogen and oxygen atoms in total. The molecule has 122 valence electrons. The number of benzene rings is 2. The maximum absolute atomic E-state index is 12.6. The maximum atomic E-state index is 12.6. The number of amides is 1. The second-order valence-corrected chi connectivity index (χ2v) is 5.97. The molecule has 23 heavy (non-hydrogen) atoms. The summed E-state index contributed by atoms with van der Waals surface area (Å²) >= 11 is 0. The van der Waals surface area contributed by atoms with Crippen molar-refractivity contribution in [3.8, 4) is 0 Å². The van der Waals surface area contributed by atoms with E-state index in [1.54, 1.807) is 11.9 Å². The molecule has 1 N–H and O–H groups in total. The van der Waals surface area contributed by atoms with Gasteiger partial charge in [-0.3, -0.25) is 4.79 Å². The molecule has 2 aromatic rings. The Hall–Kier alpha value is -2.13. The fraction of sp³-hybridized carbons (Fsp3) is 0.350. The van der Waals surface area contributed by atoms with Crippen LogP contribution in [0.25, 0.3) is 0 Å². The molecule has 1 amide bonds. The minimum Gasteiger partial charge on any atom is -0.386 e. The molecule has 0 aliphatic rings. The van der Waals surface area contributed by atoms with Crippen LogP contribution in [0.15, 0.2) is 60.7 Å². The highest BCUT2D eigenvalue weighted by atomic mass is 16.3. The van der Waals surface area contributed by atoms with Gasteiger partial charge in [-0.1, -0.05) is 74.5 Å². The van der Waals surface area contributed by atoms with Crippen molar-refractivity contribution in [2.24, 2.45) is 5.92 Å². The van der Waals surface area contributed by atoms with Crippen LogP contribution in [0.2, 0.25) is 0 Å². The van der Waals surface area contributed by atoms with Crippen LogP contribution >= 0.6 is 0 Å². The number of aliphatic hydroxyl groups excluding tert-OH is 1. The molecule has 0 spiro atoms. The summed E-state index contributed by atoms with van der Waals surface area (Å²) < 4.78 is 0. The van der Waals surface area contributed by atoms with Gasteiger partial charge in [0.1, 0.15) is 6.10 Å². The van der Waals surface area contributed by atoms with Crippen molar-refractivity contribution >= 4 is 5.91 Å². The van der Waals surface area contributed by atoms with Gasteiger partial charge in [0, 0.05) is 13.0 Å². The van der Waals surface area contributed by atoms with E-state index in [-0.39, 0.29) is 11.8 Å². The van der Waals surface area contributed by atoms with E-state index in [9.17, 15) is 9.90 Å². The van der Waals surface area contributed by atoms with E-state index >= 15 is 0 Å². The van der Waals surface area contributed by atoms with Crippen molar-refractivity contribution in [2.45, 2.75) is 32.4 Å². The Bertz CT molecular complexity index is 612. The van der Waals surface area contributed by atoms with Crippen molar-refractivity contribution in [2.75, 3.05) is 7.05 Å². The molecule has 0 saturated carbocycles. The number of nitrogens with zero attached hydrogens (tertiary/aromatic N) is 1. The summed E-state index contributed by atoms with van der Waals surface area (Å²) in [6, 6.07) is 18.8. The third kappa shape index (κ3) is 3.99. The lowest BCUT2D eigenvalue weighted by Crippen LogP contribution is -2.37. The van der Waals surface area contributed by atoms with Crippen LogP contribution in [0.4, 0.5) is 0 Å². The van der Waals surface area contributed by atoms with Crippen LogP contribution in [-0.2, 0) is 4.79 Å². The molecule has 0 aliphatic heterocycles.